The lowest BCUT2D eigenvalue weighted by Gasteiger charge is -2.34. The van der Waals surface area contributed by atoms with Gasteiger partial charge in [0.1, 0.15) is 6.21 Å². The van der Waals surface area contributed by atoms with Crippen LogP contribution < -0.4 is 5.32 Å². The molecule has 1 aromatic rings. The lowest BCUT2D eigenvalue weighted by molar-refractivity contribution is -0.139. The van der Waals surface area contributed by atoms with Crippen LogP contribution in [0.3, 0.4) is 0 Å². The van der Waals surface area contributed by atoms with Crippen LogP contribution in [-0.4, -0.2) is 42.6 Å². The number of likely N-dealkylation sites (tertiary alicyclic amines) is 1. The first-order chi connectivity index (χ1) is 12.6. The fraction of sp³-hybridized carbons (Fsp3) is 0.500. The molecule has 27 heavy (non-hydrogen) atoms. The second kappa shape index (κ2) is 8.88. The van der Waals surface area contributed by atoms with Crippen LogP contribution in [0.4, 0.5) is 18.9 Å². The van der Waals surface area contributed by atoms with Crippen molar-refractivity contribution >= 4 is 23.7 Å². The molecule has 0 aliphatic carbocycles. The molecule has 1 aromatic carbocycles. The van der Waals surface area contributed by atoms with E-state index in [0.717, 1.165) is 24.8 Å². The van der Waals surface area contributed by atoms with Gasteiger partial charge in [0.05, 0.1) is 5.56 Å². The van der Waals surface area contributed by atoms with Gasteiger partial charge in [-0.05, 0) is 36.5 Å². The van der Waals surface area contributed by atoms with E-state index in [1.807, 2.05) is 0 Å². The quantitative estimate of drug-likeness (QED) is 0.625. The van der Waals surface area contributed by atoms with E-state index < -0.39 is 17.6 Å². The third kappa shape index (κ3) is 6.58. The van der Waals surface area contributed by atoms with Gasteiger partial charge in [0.15, 0.2) is 6.61 Å². The zero-order valence-electron chi connectivity index (χ0n) is 15.1. The molecule has 1 aliphatic rings. The van der Waals surface area contributed by atoms with Gasteiger partial charge in [-0.1, -0.05) is 25.1 Å². The Balaban J connectivity index is 1.79. The van der Waals surface area contributed by atoms with E-state index in [2.05, 4.69) is 24.3 Å². The minimum Gasteiger partial charge on any atom is -0.386 e. The third-order valence-corrected chi connectivity index (χ3v) is 4.11. The van der Waals surface area contributed by atoms with Crippen molar-refractivity contribution in [2.45, 2.75) is 26.4 Å². The van der Waals surface area contributed by atoms with Crippen LogP contribution in [0.5, 0.6) is 0 Å². The van der Waals surface area contributed by atoms with Crippen LogP contribution in [0.2, 0.25) is 0 Å². The summed E-state index contributed by atoms with van der Waals surface area (Å²) >= 11 is 0. The Bertz CT molecular complexity index is 697. The standard InChI is InChI=1S/C18H22F3N3O3/c1-12-6-13(2)10-24(9-12)17(26)11-27-22-8-16(25)23-15-5-3-4-14(7-15)18(19,20)21/h3-5,7-8,12-13H,6,9-11H2,1-2H3,(H,23,25)/b22-8-/t12-,13-/m1/s1. The summed E-state index contributed by atoms with van der Waals surface area (Å²) in [7, 11) is 0. The summed E-state index contributed by atoms with van der Waals surface area (Å²) in [6, 6.07) is 4.23. The Labute approximate surface area is 155 Å². The number of rotatable bonds is 5. The zero-order chi connectivity index (χ0) is 20.0. The van der Waals surface area contributed by atoms with Crippen LogP contribution in [0.1, 0.15) is 25.8 Å². The number of hydrogen-bond acceptors (Lipinski definition) is 4. The van der Waals surface area contributed by atoms with E-state index in [9.17, 15) is 22.8 Å². The molecular weight excluding hydrogens is 363 g/mol. The molecule has 2 rings (SSSR count). The number of halogens is 3. The molecular formula is C18H22F3N3O3. The SMILES string of the molecule is C[C@@H]1C[C@@H](C)CN(C(=O)CO/N=C\C(=O)Nc2cccc(C(F)(F)F)c2)C1. The predicted molar refractivity (Wildman–Crippen MR) is 94.0 cm³/mol. The van der Waals surface area contributed by atoms with Crippen molar-refractivity contribution in [2.24, 2.45) is 17.0 Å². The molecule has 148 valence electrons. The van der Waals surface area contributed by atoms with Gasteiger partial charge in [-0.25, -0.2) is 0 Å². The van der Waals surface area contributed by atoms with E-state index in [4.69, 9.17) is 4.84 Å². The molecule has 0 aromatic heterocycles. The number of nitrogens with one attached hydrogen (secondary N) is 1. The second-order valence-corrected chi connectivity index (χ2v) is 6.82. The number of carbonyl (C=O) groups excluding carboxylic acids is 2. The second-order valence-electron chi connectivity index (χ2n) is 6.82. The molecule has 0 spiro atoms. The molecule has 1 fully saturated rings. The van der Waals surface area contributed by atoms with Crippen molar-refractivity contribution in [1.82, 2.24) is 4.90 Å². The highest BCUT2D eigenvalue weighted by Gasteiger charge is 2.30. The molecule has 1 N–H and O–H groups in total. The molecule has 1 aliphatic heterocycles. The number of nitrogens with zero attached hydrogens (tertiary/aromatic N) is 2. The van der Waals surface area contributed by atoms with Crippen LogP contribution in [0, 0.1) is 11.8 Å². The molecule has 2 atom stereocenters. The van der Waals surface area contributed by atoms with Gasteiger partial charge in [-0.15, -0.1) is 0 Å². The van der Waals surface area contributed by atoms with Crippen LogP contribution in [-0.2, 0) is 20.6 Å². The van der Waals surface area contributed by atoms with Gasteiger partial charge >= 0.3 is 6.18 Å². The highest BCUT2D eigenvalue weighted by molar-refractivity contribution is 6.31. The Morgan fingerprint density at radius 3 is 2.59 bits per heavy atom. The van der Waals surface area contributed by atoms with Crippen molar-refractivity contribution < 1.29 is 27.6 Å². The summed E-state index contributed by atoms with van der Waals surface area (Å²) < 4.78 is 37.9. The minimum atomic E-state index is -4.50. The number of anilines is 1. The van der Waals surface area contributed by atoms with Crippen molar-refractivity contribution in [1.29, 1.82) is 0 Å². The maximum absolute atomic E-state index is 12.6. The molecule has 0 saturated carbocycles. The lowest BCUT2D eigenvalue weighted by Crippen LogP contribution is -2.44. The number of hydrogen-bond donors (Lipinski definition) is 1. The number of alkyl halides is 3. The maximum Gasteiger partial charge on any atom is 0.416 e. The largest absolute Gasteiger partial charge is 0.416 e. The number of piperidine rings is 1. The highest BCUT2D eigenvalue weighted by Crippen LogP contribution is 2.30. The Morgan fingerprint density at radius 2 is 1.96 bits per heavy atom. The van der Waals surface area contributed by atoms with Gasteiger partial charge in [-0.3, -0.25) is 9.59 Å². The van der Waals surface area contributed by atoms with E-state index >= 15 is 0 Å². The van der Waals surface area contributed by atoms with Crippen LogP contribution in [0.15, 0.2) is 29.4 Å². The molecule has 1 heterocycles. The fourth-order valence-electron chi connectivity index (χ4n) is 3.08. The van der Waals surface area contributed by atoms with Gasteiger partial charge in [-0.2, -0.15) is 13.2 Å². The van der Waals surface area contributed by atoms with Gasteiger partial charge in [0.25, 0.3) is 11.8 Å². The Morgan fingerprint density at radius 1 is 1.30 bits per heavy atom. The molecule has 0 radical (unpaired) electrons. The lowest BCUT2D eigenvalue weighted by atomic mass is 9.92. The average molecular weight is 385 g/mol. The van der Waals surface area contributed by atoms with E-state index in [1.165, 1.54) is 12.1 Å². The predicted octanol–water partition coefficient (Wildman–Crippen LogP) is 3.15. The summed E-state index contributed by atoms with van der Waals surface area (Å²) in [5, 5.41) is 5.66. The zero-order valence-corrected chi connectivity index (χ0v) is 15.1. The third-order valence-electron chi connectivity index (χ3n) is 4.11. The normalized spacial score (nSPS) is 20.6. The topological polar surface area (TPSA) is 71.0 Å². The van der Waals surface area contributed by atoms with E-state index in [-0.39, 0.29) is 18.2 Å². The van der Waals surface area contributed by atoms with Gasteiger partial charge < -0.3 is 15.1 Å². The van der Waals surface area contributed by atoms with Crippen LogP contribution in [0.25, 0.3) is 0 Å². The first-order valence-electron chi connectivity index (χ1n) is 8.56. The maximum atomic E-state index is 12.6. The van der Waals surface area contributed by atoms with E-state index in [1.54, 1.807) is 4.90 Å². The first-order valence-corrected chi connectivity index (χ1v) is 8.56. The fourth-order valence-corrected chi connectivity index (χ4v) is 3.08. The highest BCUT2D eigenvalue weighted by atomic mass is 19.4. The summed E-state index contributed by atoms with van der Waals surface area (Å²) in [6.45, 7) is 5.17. The number of amides is 2. The van der Waals surface area contributed by atoms with Crippen LogP contribution >= 0.6 is 0 Å². The number of carbonyl (C=O) groups is 2. The summed E-state index contributed by atoms with van der Waals surface area (Å²) in [5.41, 5.74) is -0.891. The molecule has 6 nitrogen and oxygen atoms in total. The van der Waals surface area contributed by atoms with Gasteiger partial charge in [0.2, 0.25) is 0 Å². The molecule has 0 bridgehead atoms. The van der Waals surface area contributed by atoms with Crippen molar-refractivity contribution in [3.8, 4) is 0 Å². The average Bonchev–Trinajstić information content (AvgIpc) is 2.57. The molecule has 2 amide bonds. The molecule has 9 heteroatoms. The summed E-state index contributed by atoms with van der Waals surface area (Å²) in [4.78, 5) is 30.3. The van der Waals surface area contributed by atoms with E-state index in [0.29, 0.717) is 24.9 Å². The van der Waals surface area contributed by atoms with Crippen molar-refractivity contribution in [2.75, 3.05) is 25.0 Å². The summed E-state index contributed by atoms with van der Waals surface area (Å²) in [5.74, 6) is -0.148. The molecule has 1 saturated heterocycles. The Hall–Kier alpha value is -2.58. The smallest absolute Gasteiger partial charge is 0.386 e. The molecule has 0 unspecified atom stereocenters. The monoisotopic (exact) mass is 385 g/mol. The first kappa shape index (κ1) is 20.7. The Kier molecular flexibility index (Phi) is 6.81. The number of oxime groups is 1. The number of benzene rings is 1. The van der Waals surface area contributed by atoms with Crippen molar-refractivity contribution in [3.63, 3.8) is 0 Å². The van der Waals surface area contributed by atoms with Gasteiger partial charge in [0, 0.05) is 18.8 Å². The minimum absolute atomic E-state index is 0.0198. The summed E-state index contributed by atoms with van der Waals surface area (Å²) in [6.07, 6.45) is -2.66. The van der Waals surface area contributed by atoms with Crippen molar-refractivity contribution in [3.05, 3.63) is 29.8 Å².